The lowest BCUT2D eigenvalue weighted by Crippen LogP contribution is -2.30. The minimum atomic E-state index is -4.95. The number of hydrogen-bond acceptors (Lipinski definition) is 15. The Balaban J connectivity index is 5.19. The van der Waals surface area contributed by atoms with Crippen LogP contribution < -0.4 is 0 Å². The number of ether oxygens (including phenoxy) is 4. The number of aliphatic hydroxyl groups excluding tert-OH is 1. The number of unbranched alkanes of at least 4 members (excludes halogenated alkanes) is 29. The summed E-state index contributed by atoms with van der Waals surface area (Å²) in [6.45, 7) is 11.7. The quantitative estimate of drug-likeness (QED) is 0.0222. The lowest BCUT2D eigenvalue weighted by Gasteiger charge is -2.21. The van der Waals surface area contributed by atoms with Crippen molar-refractivity contribution >= 4 is 39.5 Å². The van der Waals surface area contributed by atoms with Gasteiger partial charge >= 0.3 is 39.5 Å². The van der Waals surface area contributed by atoms with Gasteiger partial charge in [0.2, 0.25) is 0 Å². The van der Waals surface area contributed by atoms with Crippen molar-refractivity contribution in [1.29, 1.82) is 0 Å². The second-order valence-corrected chi connectivity index (χ2v) is 27.4. The molecule has 0 amide bonds. The zero-order valence-electron chi connectivity index (χ0n) is 54.4. The molecule has 0 heterocycles. The molecule has 0 aromatic carbocycles. The van der Waals surface area contributed by atoms with E-state index in [9.17, 15) is 43.2 Å². The summed E-state index contributed by atoms with van der Waals surface area (Å²) >= 11 is 0. The van der Waals surface area contributed by atoms with Crippen molar-refractivity contribution in [2.45, 2.75) is 336 Å². The molecule has 0 bridgehead atoms. The number of rotatable bonds is 63. The van der Waals surface area contributed by atoms with Gasteiger partial charge in [0.1, 0.15) is 19.3 Å². The Morgan fingerprint density at radius 1 is 0.345 bits per heavy atom. The Labute approximate surface area is 511 Å². The SMILES string of the molecule is CCCCCCCC(=O)OC[C@H](COP(=O)(O)OC[C@H](O)COP(=O)(O)OC[C@@H](COC(=O)CCCCCCCCCCCCC(C)CC)OC(=O)CCCCCCCCCCCCCCC(C)C)OC(=O)CCCCCCCCC(C)CC. The molecule has 17 nitrogen and oxygen atoms in total. The summed E-state index contributed by atoms with van der Waals surface area (Å²) in [6, 6.07) is 0. The number of carbonyl (C=O) groups excluding carboxylic acids is 4. The van der Waals surface area contributed by atoms with E-state index in [0.717, 1.165) is 114 Å². The summed E-state index contributed by atoms with van der Waals surface area (Å²) in [6.07, 6.45) is 37.9. The van der Waals surface area contributed by atoms with Crippen molar-refractivity contribution in [1.82, 2.24) is 0 Å². The first-order valence-electron chi connectivity index (χ1n) is 33.9. The van der Waals surface area contributed by atoms with E-state index in [0.29, 0.717) is 25.7 Å². The maximum atomic E-state index is 13.0. The molecule has 0 saturated heterocycles. The molecule has 0 aromatic heterocycles. The van der Waals surface area contributed by atoms with Crippen molar-refractivity contribution < 1.29 is 80.2 Å². The topological polar surface area (TPSA) is 237 Å². The molecule has 0 radical (unpaired) electrons. The van der Waals surface area contributed by atoms with Crippen molar-refractivity contribution in [2.75, 3.05) is 39.6 Å². The summed E-state index contributed by atoms with van der Waals surface area (Å²) in [5.74, 6) is 0.160. The van der Waals surface area contributed by atoms with E-state index in [-0.39, 0.29) is 25.7 Å². The van der Waals surface area contributed by atoms with Gasteiger partial charge in [0, 0.05) is 25.7 Å². The molecule has 0 spiro atoms. The van der Waals surface area contributed by atoms with Crippen LogP contribution in [0.4, 0.5) is 0 Å². The zero-order valence-corrected chi connectivity index (χ0v) is 56.1. The molecule has 0 rings (SSSR count). The number of phosphoric acid groups is 2. The molecule has 7 atom stereocenters. The molecular weight excluding hydrogens is 1110 g/mol. The van der Waals surface area contributed by atoms with E-state index in [1.54, 1.807) is 0 Å². The van der Waals surface area contributed by atoms with E-state index in [1.807, 2.05) is 0 Å². The maximum Gasteiger partial charge on any atom is 0.472 e. The van der Waals surface area contributed by atoms with Crippen LogP contribution in [0.3, 0.4) is 0 Å². The molecule has 4 unspecified atom stereocenters. The normalized spacial score (nSPS) is 15.0. The monoisotopic (exact) mass is 1240 g/mol. The van der Waals surface area contributed by atoms with Crippen LogP contribution in [0.25, 0.3) is 0 Å². The van der Waals surface area contributed by atoms with Gasteiger partial charge < -0.3 is 33.8 Å². The van der Waals surface area contributed by atoms with Gasteiger partial charge in [-0.2, -0.15) is 0 Å². The minimum Gasteiger partial charge on any atom is -0.462 e. The second kappa shape index (κ2) is 56.3. The lowest BCUT2D eigenvalue weighted by molar-refractivity contribution is -0.161. The van der Waals surface area contributed by atoms with Crippen molar-refractivity contribution in [2.24, 2.45) is 17.8 Å². The fourth-order valence-electron chi connectivity index (χ4n) is 9.59. The van der Waals surface area contributed by atoms with Crippen LogP contribution in [0.2, 0.25) is 0 Å². The highest BCUT2D eigenvalue weighted by molar-refractivity contribution is 7.47. The molecule has 0 saturated carbocycles. The van der Waals surface area contributed by atoms with Gasteiger partial charge in [-0.3, -0.25) is 37.3 Å². The van der Waals surface area contributed by atoms with Crippen molar-refractivity contribution in [3.63, 3.8) is 0 Å². The van der Waals surface area contributed by atoms with Gasteiger partial charge in [0.25, 0.3) is 0 Å². The number of hydrogen-bond donors (Lipinski definition) is 3. The van der Waals surface area contributed by atoms with E-state index in [4.69, 9.17) is 37.0 Å². The summed E-state index contributed by atoms with van der Waals surface area (Å²) < 4.78 is 67.9. The van der Waals surface area contributed by atoms with Gasteiger partial charge in [0.05, 0.1) is 26.4 Å². The van der Waals surface area contributed by atoms with Crippen LogP contribution in [0.5, 0.6) is 0 Å². The Kier molecular flexibility index (Phi) is 55.0. The van der Waals surface area contributed by atoms with E-state index in [1.165, 1.54) is 122 Å². The first kappa shape index (κ1) is 82.1. The highest BCUT2D eigenvalue weighted by atomic mass is 31.2. The third-order valence-electron chi connectivity index (χ3n) is 15.6. The first-order valence-corrected chi connectivity index (χ1v) is 36.9. The molecule has 498 valence electrons. The third kappa shape index (κ3) is 56.6. The number of aliphatic hydroxyl groups is 1. The molecule has 0 aliphatic rings. The number of esters is 4. The van der Waals surface area contributed by atoms with Crippen LogP contribution in [0.15, 0.2) is 0 Å². The van der Waals surface area contributed by atoms with Crippen molar-refractivity contribution in [3.8, 4) is 0 Å². The number of phosphoric ester groups is 2. The fraction of sp³-hybridized carbons (Fsp3) is 0.938. The average molecular weight is 1240 g/mol. The largest absolute Gasteiger partial charge is 0.472 e. The Morgan fingerprint density at radius 3 is 0.905 bits per heavy atom. The van der Waals surface area contributed by atoms with Crippen LogP contribution in [-0.4, -0.2) is 96.7 Å². The highest BCUT2D eigenvalue weighted by Gasteiger charge is 2.30. The second-order valence-electron chi connectivity index (χ2n) is 24.5. The average Bonchev–Trinajstić information content (AvgIpc) is 3.53. The number of carbonyl (C=O) groups is 4. The predicted octanol–water partition coefficient (Wildman–Crippen LogP) is 17.9. The van der Waals surface area contributed by atoms with Crippen molar-refractivity contribution in [3.05, 3.63) is 0 Å². The predicted molar refractivity (Wildman–Crippen MR) is 335 cm³/mol. The summed E-state index contributed by atoms with van der Waals surface area (Å²) in [5, 5.41) is 10.5. The minimum absolute atomic E-state index is 0.102. The maximum absolute atomic E-state index is 13.0. The van der Waals surface area contributed by atoms with Crippen LogP contribution in [0.1, 0.15) is 318 Å². The summed E-state index contributed by atoms with van der Waals surface area (Å²) in [4.78, 5) is 72.0. The molecular formula is C65H126O17P2. The van der Waals surface area contributed by atoms with E-state index >= 15 is 0 Å². The molecule has 3 N–H and O–H groups in total. The zero-order chi connectivity index (χ0) is 62.4. The lowest BCUT2D eigenvalue weighted by atomic mass is 9.99. The molecule has 84 heavy (non-hydrogen) atoms. The first-order chi connectivity index (χ1) is 40.3. The molecule has 0 fully saturated rings. The molecule has 0 aliphatic heterocycles. The Hall–Kier alpha value is -1.94. The third-order valence-corrected chi connectivity index (χ3v) is 17.5. The van der Waals surface area contributed by atoms with Gasteiger partial charge in [-0.1, -0.05) is 267 Å². The van der Waals surface area contributed by atoms with E-state index in [2.05, 4.69) is 48.5 Å². The van der Waals surface area contributed by atoms with Gasteiger partial charge in [-0.05, 0) is 43.4 Å². The van der Waals surface area contributed by atoms with Gasteiger partial charge in [0.15, 0.2) is 12.2 Å². The highest BCUT2D eigenvalue weighted by Crippen LogP contribution is 2.45. The standard InChI is InChI=1S/C65H126O17P2/c1-8-11-12-29-39-46-62(67)75-52-60(82-65(70)49-42-35-28-27-32-38-45-58(7)10-3)54-79-83(71,72)77-50-59(66)51-78-84(73,74)80-55-61(53-76-63(68)47-40-33-25-21-18-17-20-24-31-37-44-57(6)9-2)81-64(69)48-41-34-26-22-16-14-13-15-19-23-30-36-43-56(4)5/h56-61,66H,8-55H2,1-7H3,(H,71,72)(H,73,74)/t57?,58?,59-,60+,61+/m0/s1. The Morgan fingerprint density at radius 2 is 0.607 bits per heavy atom. The molecule has 0 aliphatic carbocycles. The Bertz CT molecular complexity index is 1670. The van der Waals surface area contributed by atoms with Crippen LogP contribution >= 0.6 is 15.6 Å². The molecule has 19 heteroatoms. The molecule has 0 aromatic rings. The van der Waals surface area contributed by atoms with Crippen LogP contribution in [-0.2, 0) is 65.4 Å². The fourth-order valence-corrected chi connectivity index (χ4v) is 11.2. The van der Waals surface area contributed by atoms with Crippen LogP contribution in [0, 0.1) is 17.8 Å². The smallest absolute Gasteiger partial charge is 0.462 e. The summed E-state index contributed by atoms with van der Waals surface area (Å²) in [5.41, 5.74) is 0. The van der Waals surface area contributed by atoms with Gasteiger partial charge in [-0.15, -0.1) is 0 Å². The van der Waals surface area contributed by atoms with Gasteiger partial charge in [-0.25, -0.2) is 9.13 Å². The van der Waals surface area contributed by atoms with E-state index < -0.39 is 97.5 Å². The summed E-state index contributed by atoms with van der Waals surface area (Å²) in [7, 11) is -9.88.